The number of hydrogen-bond acceptors (Lipinski definition) is 4. The van der Waals surface area contributed by atoms with E-state index in [2.05, 4.69) is 0 Å². The van der Waals surface area contributed by atoms with E-state index < -0.39 is 0 Å². The van der Waals surface area contributed by atoms with Crippen molar-refractivity contribution in [2.45, 2.75) is 19.8 Å². The van der Waals surface area contributed by atoms with Crippen LogP contribution in [-0.4, -0.2) is 20.4 Å². The van der Waals surface area contributed by atoms with Crippen LogP contribution in [0.1, 0.15) is 32.9 Å². The molecule has 5 heteroatoms. The van der Waals surface area contributed by atoms with Gasteiger partial charge in [0.1, 0.15) is 11.6 Å². The van der Waals surface area contributed by atoms with E-state index in [4.69, 9.17) is 4.98 Å². The molecule has 4 rings (SSSR count). The molecule has 1 N–H and O–H groups in total. The van der Waals surface area contributed by atoms with E-state index >= 15 is 0 Å². The first-order valence-corrected chi connectivity index (χ1v) is 9.82. The standard InChI is InChI=1S/C25H22N2O3/c1-16-4-3-5-21-23(16)25(30)27(2)22(26-21)15-8-17-6-9-18(10-7-17)24(29)19-11-13-20(28)14-12-19/h3-7,9-14,28H,8,15H2,1-2H3. The van der Waals surface area contributed by atoms with E-state index in [1.54, 1.807) is 35.9 Å². The quantitative estimate of drug-likeness (QED) is 0.517. The zero-order valence-electron chi connectivity index (χ0n) is 16.9. The minimum atomic E-state index is -0.0875. The highest BCUT2D eigenvalue weighted by Crippen LogP contribution is 2.16. The molecule has 5 nitrogen and oxygen atoms in total. The van der Waals surface area contributed by atoms with Gasteiger partial charge in [0.05, 0.1) is 10.9 Å². The number of aromatic nitrogens is 2. The van der Waals surface area contributed by atoms with Gasteiger partial charge in [-0.3, -0.25) is 14.2 Å². The summed E-state index contributed by atoms with van der Waals surface area (Å²) in [5, 5.41) is 10.0. The fourth-order valence-corrected chi connectivity index (χ4v) is 3.60. The first-order chi connectivity index (χ1) is 14.4. The summed E-state index contributed by atoms with van der Waals surface area (Å²) >= 11 is 0. The Labute approximate surface area is 174 Å². The molecule has 150 valence electrons. The Bertz CT molecular complexity index is 1290. The lowest BCUT2D eigenvalue weighted by Crippen LogP contribution is -2.23. The SMILES string of the molecule is Cc1cccc2nc(CCc3ccc(C(=O)c4ccc(O)cc4)cc3)n(C)c(=O)c12. The zero-order valence-corrected chi connectivity index (χ0v) is 16.9. The van der Waals surface area contributed by atoms with E-state index in [1.807, 2.05) is 37.3 Å². The van der Waals surface area contributed by atoms with Gasteiger partial charge in [0.15, 0.2) is 5.78 Å². The normalized spacial score (nSPS) is 11.0. The van der Waals surface area contributed by atoms with Crippen LogP contribution in [0, 0.1) is 6.92 Å². The molecule has 0 aliphatic heterocycles. The molecule has 0 atom stereocenters. The molecule has 0 amide bonds. The van der Waals surface area contributed by atoms with Gasteiger partial charge in [-0.1, -0.05) is 36.4 Å². The summed E-state index contributed by atoms with van der Waals surface area (Å²) in [5.74, 6) is 0.784. The Morgan fingerprint density at radius 2 is 1.57 bits per heavy atom. The molecular weight excluding hydrogens is 376 g/mol. The fraction of sp³-hybridized carbons (Fsp3) is 0.160. The van der Waals surface area contributed by atoms with E-state index in [9.17, 15) is 14.7 Å². The molecule has 0 saturated heterocycles. The Morgan fingerprint density at radius 3 is 2.23 bits per heavy atom. The molecule has 0 aliphatic rings. The molecule has 0 radical (unpaired) electrons. The van der Waals surface area contributed by atoms with Gasteiger partial charge in [0.2, 0.25) is 0 Å². The van der Waals surface area contributed by atoms with Crippen molar-refractivity contribution in [2.75, 3.05) is 0 Å². The smallest absolute Gasteiger partial charge is 0.261 e. The maximum absolute atomic E-state index is 12.7. The van der Waals surface area contributed by atoms with E-state index in [0.717, 1.165) is 22.5 Å². The molecule has 30 heavy (non-hydrogen) atoms. The highest BCUT2D eigenvalue weighted by atomic mass is 16.3. The summed E-state index contributed by atoms with van der Waals surface area (Å²) in [6.07, 6.45) is 1.34. The molecule has 4 aromatic rings. The summed E-state index contributed by atoms with van der Waals surface area (Å²) in [7, 11) is 1.76. The topological polar surface area (TPSA) is 72.2 Å². The van der Waals surface area contributed by atoms with E-state index in [1.165, 1.54) is 12.1 Å². The van der Waals surface area contributed by atoms with E-state index in [-0.39, 0.29) is 17.1 Å². The maximum atomic E-state index is 12.7. The van der Waals surface area contributed by atoms with Crippen LogP contribution in [0.25, 0.3) is 10.9 Å². The molecule has 0 saturated carbocycles. The van der Waals surface area contributed by atoms with Crippen LogP contribution in [0.15, 0.2) is 71.5 Å². The largest absolute Gasteiger partial charge is 0.508 e. The lowest BCUT2D eigenvalue weighted by molar-refractivity contribution is 0.103. The molecule has 0 fully saturated rings. The van der Waals surface area contributed by atoms with Crippen molar-refractivity contribution < 1.29 is 9.90 Å². The van der Waals surface area contributed by atoms with Crippen LogP contribution in [0.3, 0.4) is 0 Å². The van der Waals surface area contributed by atoms with Crippen LogP contribution < -0.4 is 5.56 Å². The number of nitrogens with zero attached hydrogens (tertiary/aromatic N) is 2. The van der Waals surface area contributed by atoms with Crippen LogP contribution in [-0.2, 0) is 19.9 Å². The minimum Gasteiger partial charge on any atom is -0.508 e. The molecule has 0 unspecified atom stereocenters. The van der Waals surface area contributed by atoms with Gasteiger partial charge < -0.3 is 5.11 Å². The van der Waals surface area contributed by atoms with Crippen molar-refractivity contribution in [3.8, 4) is 5.75 Å². The average molecular weight is 398 g/mol. The summed E-state index contributed by atoms with van der Waals surface area (Å²) in [6.45, 7) is 1.92. The van der Waals surface area contributed by atoms with Gasteiger partial charge in [-0.2, -0.15) is 0 Å². The Hall–Kier alpha value is -3.73. The lowest BCUT2D eigenvalue weighted by Gasteiger charge is -2.11. The molecule has 0 bridgehead atoms. The van der Waals surface area contributed by atoms with Crippen molar-refractivity contribution in [1.82, 2.24) is 9.55 Å². The number of phenolic OH excluding ortho intramolecular Hbond substituents is 1. The molecule has 1 aromatic heterocycles. The van der Waals surface area contributed by atoms with Crippen molar-refractivity contribution in [1.29, 1.82) is 0 Å². The number of rotatable bonds is 5. The number of carbonyl (C=O) groups excluding carboxylic acids is 1. The number of benzene rings is 3. The van der Waals surface area contributed by atoms with Gasteiger partial charge in [0.25, 0.3) is 5.56 Å². The second-order valence-corrected chi connectivity index (χ2v) is 7.43. The summed E-state index contributed by atoms with van der Waals surface area (Å²) in [5.41, 5.74) is 3.82. The molecule has 0 spiro atoms. The Morgan fingerprint density at radius 1 is 0.933 bits per heavy atom. The van der Waals surface area contributed by atoms with Crippen LogP contribution >= 0.6 is 0 Å². The van der Waals surface area contributed by atoms with Crippen molar-refractivity contribution in [3.05, 3.63) is 105 Å². The van der Waals surface area contributed by atoms with Crippen molar-refractivity contribution >= 4 is 16.7 Å². The third-order valence-corrected chi connectivity index (χ3v) is 5.39. The molecular formula is C25H22N2O3. The first kappa shape index (κ1) is 19.6. The first-order valence-electron chi connectivity index (χ1n) is 9.82. The van der Waals surface area contributed by atoms with Crippen molar-refractivity contribution in [3.63, 3.8) is 0 Å². The number of hydrogen-bond donors (Lipinski definition) is 1. The summed E-state index contributed by atoms with van der Waals surface area (Å²) in [4.78, 5) is 30.0. The fourth-order valence-electron chi connectivity index (χ4n) is 3.60. The second-order valence-electron chi connectivity index (χ2n) is 7.43. The number of fused-ring (bicyclic) bond motifs is 1. The third-order valence-electron chi connectivity index (χ3n) is 5.39. The highest BCUT2D eigenvalue weighted by Gasteiger charge is 2.11. The number of phenols is 1. The van der Waals surface area contributed by atoms with Gasteiger partial charge in [-0.25, -0.2) is 4.98 Å². The van der Waals surface area contributed by atoms with Crippen LogP contribution in [0.2, 0.25) is 0 Å². The predicted molar refractivity (Wildman–Crippen MR) is 117 cm³/mol. The monoisotopic (exact) mass is 398 g/mol. The van der Waals surface area contributed by atoms with Gasteiger partial charge >= 0.3 is 0 Å². The molecule has 3 aromatic carbocycles. The average Bonchev–Trinajstić information content (AvgIpc) is 2.75. The van der Waals surface area contributed by atoms with Crippen LogP contribution in [0.5, 0.6) is 5.75 Å². The van der Waals surface area contributed by atoms with Gasteiger partial charge in [0, 0.05) is 24.6 Å². The Kier molecular flexibility index (Phi) is 5.19. The number of carbonyl (C=O) groups is 1. The highest BCUT2D eigenvalue weighted by molar-refractivity contribution is 6.09. The van der Waals surface area contributed by atoms with Crippen molar-refractivity contribution in [2.24, 2.45) is 7.05 Å². The van der Waals surface area contributed by atoms with Crippen LogP contribution in [0.4, 0.5) is 0 Å². The number of aryl methyl sites for hydroxylation is 3. The third kappa shape index (κ3) is 3.74. The van der Waals surface area contributed by atoms with Gasteiger partial charge in [-0.15, -0.1) is 0 Å². The molecule has 1 heterocycles. The van der Waals surface area contributed by atoms with E-state index in [0.29, 0.717) is 29.4 Å². The zero-order chi connectivity index (χ0) is 21.3. The second kappa shape index (κ2) is 7.95. The van der Waals surface area contributed by atoms with Gasteiger partial charge in [-0.05, 0) is 54.8 Å². The lowest BCUT2D eigenvalue weighted by atomic mass is 10.0. The number of ketones is 1. The Balaban J connectivity index is 1.52. The predicted octanol–water partition coefficient (Wildman–Crippen LogP) is 3.96. The number of aromatic hydroxyl groups is 1. The summed E-state index contributed by atoms with van der Waals surface area (Å²) in [6, 6.07) is 19.4. The maximum Gasteiger partial charge on any atom is 0.261 e. The molecule has 0 aliphatic carbocycles. The summed E-state index contributed by atoms with van der Waals surface area (Å²) < 4.78 is 1.62. The minimum absolute atomic E-state index is 0.0251.